The number of nitrogens with one attached hydrogen (secondary N) is 1. The fourth-order valence-corrected chi connectivity index (χ4v) is 3.65. The molecular weight excluding hydrogens is 484 g/mol. The van der Waals surface area contributed by atoms with Gasteiger partial charge in [-0.25, -0.2) is 13.7 Å². The lowest BCUT2D eigenvalue weighted by Gasteiger charge is -2.21. The molecule has 0 saturated heterocycles. The molecular formula is C17H17ClF4N4O5S. The topological polar surface area (TPSA) is 111 Å². The first-order valence-electron chi connectivity index (χ1n) is 8.65. The molecule has 1 amide bonds. The van der Waals surface area contributed by atoms with Crippen molar-refractivity contribution >= 4 is 27.7 Å². The van der Waals surface area contributed by atoms with Crippen LogP contribution in [0.15, 0.2) is 23.0 Å². The zero-order valence-corrected chi connectivity index (χ0v) is 18.6. The van der Waals surface area contributed by atoms with Gasteiger partial charge < -0.3 is 4.74 Å². The van der Waals surface area contributed by atoms with Crippen LogP contribution in [0.5, 0.6) is 6.01 Å². The first-order valence-corrected chi connectivity index (χ1v) is 10.5. The monoisotopic (exact) mass is 500 g/mol. The van der Waals surface area contributed by atoms with Crippen LogP contribution >= 0.6 is 11.6 Å². The predicted octanol–water partition coefficient (Wildman–Crippen LogP) is 2.37. The summed E-state index contributed by atoms with van der Waals surface area (Å²) in [5, 5.41) is -0.516. The van der Waals surface area contributed by atoms with E-state index in [2.05, 4.69) is 9.72 Å². The Morgan fingerprint density at radius 1 is 1.28 bits per heavy atom. The summed E-state index contributed by atoms with van der Waals surface area (Å²) in [6.07, 6.45) is -4.98. The fourth-order valence-electron chi connectivity index (χ4n) is 2.37. The minimum Gasteiger partial charge on any atom is -0.468 e. The highest BCUT2D eigenvalue weighted by Crippen LogP contribution is 2.30. The first kappa shape index (κ1) is 25.5. The molecule has 32 heavy (non-hydrogen) atoms. The van der Waals surface area contributed by atoms with Crippen molar-refractivity contribution in [3.05, 3.63) is 50.7 Å². The van der Waals surface area contributed by atoms with Gasteiger partial charge in [0.2, 0.25) is 0 Å². The van der Waals surface area contributed by atoms with Crippen LogP contribution in [0.1, 0.15) is 29.9 Å². The zero-order valence-electron chi connectivity index (χ0n) is 17.0. The standard InChI is InChI=1S/C17H17ClF4N4O5S/c1-8(2)25(3)32(29,30)24-15(28)9-5-12(11(19)6-10(9)18)26-14(27)7-13(17(20,21)22)23-16(26)31-4/h5-8H,1-4H3,(H,24,28). The van der Waals surface area contributed by atoms with Gasteiger partial charge in [0.25, 0.3) is 11.5 Å². The summed E-state index contributed by atoms with van der Waals surface area (Å²) in [6.45, 7) is 3.09. The maximum atomic E-state index is 14.6. The van der Waals surface area contributed by atoms with E-state index in [-0.39, 0.29) is 6.07 Å². The van der Waals surface area contributed by atoms with E-state index in [4.69, 9.17) is 11.6 Å². The summed E-state index contributed by atoms with van der Waals surface area (Å²) < 4.78 is 85.5. The van der Waals surface area contributed by atoms with Gasteiger partial charge in [0.05, 0.1) is 23.4 Å². The van der Waals surface area contributed by atoms with Crippen molar-refractivity contribution in [3.8, 4) is 11.7 Å². The lowest BCUT2D eigenvalue weighted by Crippen LogP contribution is -2.44. The molecule has 0 radical (unpaired) electrons. The first-order chi connectivity index (χ1) is 14.6. The molecule has 0 saturated carbocycles. The van der Waals surface area contributed by atoms with Gasteiger partial charge in [-0.1, -0.05) is 11.6 Å². The molecule has 15 heteroatoms. The highest BCUT2D eigenvalue weighted by molar-refractivity contribution is 7.87. The van der Waals surface area contributed by atoms with Crippen LogP contribution in [0.4, 0.5) is 17.6 Å². The number of methoxy groups -OCH3 is 1. The van der Waals surface area contributed by atoms with E-state index in [1.54, 1.807) is 18.6 Å². The number of aromatic nitrogens is 2. The molecule has 0 aliphatic heterocycles. The third kappa shape index (κ3) is 5.19. The van der Waals surface area contributed by atoms with Crippen molar-refractivity contribution < 1.29 is 35.5 Å². The maximum Gasteiger partial charge on any atom is 0.433 e. The fraction of sp³-hybridized carbons (Fsp3) is 0.353. The van der Waals surface area contributed by atoms with Gasteiger partial charge in [-0.3, -0.25) is 9.59 Å². The number of hydrogen-bond donors (Lipinski definition) is 1. The number of halogens is 5. The van der Waals surface area contributed by atoms with Gasteiger partial charge in [-0.2, -0.15) is 30.9 Å². The molecule has 1 heterocycles. The molecule has 0 unspecified atom stereocenters. The van der Waals surface area contributed by atoms with E-state index in [9.17, 15) is 35.6 Å². The molecule has 0 spiro atoms. The van der Waals surface area contributed by atoms with E-state index in [0.717, 1.165) is 11.4 Å². The van der Waals surface area contributed by atoms with E-state index < -0.39 is 67.7 Å². The number of hydrogen-bond acceptors (Lipinski definition) is 6. The summed E-state index contributed by atoms with van der Waals surface area (Å²) in [4.78, 5) is 28.0. The van der Waals surface area contributed by atoms with Crippen LogP contribution in [0.3, 0.4) is 0 Å². The van der Waals surface area contributed by atoms with E-state index in [1.807, 2.05) is 0 Å². The second-order valence-corrected chi connectivity index (χ2v) is 8.77. The molecule has 2 rings (SSSR count). The largest absolute Gasteiger partial charge is 0.468 e. The molecule has 0 fully saturated rings. The number of ether oxygens (including phenoxy) is 1. The molecule has 9 nitrogen and oxygen atoms in total. The number of benzene rings is 1. The Balaban J connectivity index is 2.64. The molecule has 2 aromatic rings. The summed E-state index contributed by atoms with van der Waals surface area (Å²) in [7, 11) is -2.20. The summed E-state index contributed by atoms with van der Waals surface area (Å²) in [6, 6.07) is -0.0475. The third-order valence-corrected chi connectivity index (χ3v) is 6.15. The Kier molecular flexibility index (Phi) is 7.21. The maximum absolute atomic E-state index is 14.6. The number of alkyl halides is 3. The number of carbonyl (C=O) groups excluding carboxylic acids is 1. The second-order valence-electron chi connectivity index (χ2n) is 6.63. The molecule has 176 valence electrons. The number of amides is 1. The molecule has 0 aliphatic carbocycles. The molecule has 0 atom stereocenters. The minimum atomic E-state index is -4.98. The Bertz CT molecular complexity index is 1210. The van der Waals surface area contributed by atoms with Crippen LogP contribution in [-0.2, 0) is 16.4 Å². The lowest BCUT2D eigenvalue weighted by atomic mass is 10.1. The van der Waals surface area contributed by atoms with Crippen molar-refractivity contribution in [3.63, 3.8) is 0 Å². The Labute approximate surface area is 184 Å². The quantitative estimate of drug-likeness (QED) is 0.610. The van der Waals surface area contributed by atoms with Crippen LogP contribution in [0, 0.1) is 5.82 Å². The van der Waals surface area contributed by atoms with Crippen LogP contribution in [-0.4, -0.2) is 48.4 Å². The predicted molar refractivity (Wildman–Crippen MR) is 106 cm³/mol. The number of nitrogens with zero attached hydrogens (tertiary/aromatic N) is 3. The third-order valence-electron chi connectivity index (χ3n) is 4.21. The van der Waals surface area contributed by atoms with Gasteiger partial charge in [-0.05, 0) is 26.0 Å². The zero-order chi connectivity index (χ0) is 24.6. The van der Waals surface area contributed by atoms with Crippen LogP contribution in [0.25, 0.3) is 5.69 Å². The summed E-state index contributed by atoms with van der Waals surface area (Å²) >= 11 is 5.86. The van der Waals surface area contributed by atoms with E-state index in [1.165, 1.54) is 7.05 Å². The van der Waals surface area contributed by atoms with Gasteiger partial charge in [0, 0.05) is 19.2 Å². The average Bonchev–Trinajstić information content (AvgIpc) is 2.66. The van der Waals surface area contributed by atoms with Crippen LogP contribution < -0.4 is 15.0 Å². The van der Waals surface area contributed by atoms with Gasteiger partial charge in [0.15, 0.2) is 5.69 Å². The highest BCUT2D eigenvalue weighted by Gasteiger charge is 2.35. The van der Waals surface area contributed by atoms with Crippen LogP contribution in [0.2, 0.25) is 5.02 Å². The number of rotatable bonds is 6. The van der Waals surface area contributed by atoms with Crippen molar-refractivity contribution in [1.29, 1.82) is 0 Å². The minimum absolute atomic E-state index is 0.109. The Morgan fingerprint density at radius 2 is 1.88 bits per heavy atom. The molecule has 1 N–H and O–H groups in total. The smallest absolute Gasteiger partial charge is 0.433 e. The second kappa shape index (κ2) is 9.03. The SMILES string of the molecule is COc1nc(C(F)(F)F)cc(=O)n1-c1cc(C(=O)NS(=O)(=O)N(C)C(C)C)c(Cl)cc1F. The summed E-state index contributed by atoms with van der Waals surface area (Å²) in [5.74, 6) is -2.48. The Hall–Kier alpha value is -2.71. The van der Waals surface area contributed by atoms with Gasteiger partial charge in [-0.15, -0.1) is 0 Å². The van der Waals surface area contributed by atoms with E-state index >= 15 is 0 Å². The summed E-state index contributed by atoms with van der Waals surface area (Å²) in [5.41, 5.74) is -4.26. The molecule has 0 aliphatic rings. The molecule has 1 aromatic heterocycles. The molecule has 0 bridgehead atoms. The highest BCUT2D eigenvalue weighted by atomic mass is 35.5. The van der Waals surface area contributed by atoms with E-state index in [0.29, 0.717) is 16.7 Å². The molecule has 1 aromatic carbocycles. The number of carbonyl (C=O) groups is 1. The lowest BCUT2D eigenvalue weighted by molar-refractivity contribution is -0.141. The average molecular weight is 501 g/mol. The van der Waals surface area contributed by atoms with Crippen molar-refractivity contribution in [2.75, 3.05) is 14.2 Å². The Morgan fingerprint density at radius 3 is 2.38 bits per heavy atom. The van der Waals surface area contributed by atoms with Gasteiger partial charge >= 0.3 is 22.4 Å². The van der Waals surface area contributed by atoms with Gasteiger partial charge in [0.1, 0.15) is 5.82 Å². The van der Waals surface area contributed by atoms with Crippen molar-refractivity contribution in [2.45, 2.75) is 26.1 Å². The van der Waals surface area contributed by atoms with Crippen molar-refractivity contribution in [1.82, 2.24) is 18.6 Å². The van der Waals surface area contributed by atoms with Crippen molar-refractivity contribution in [2.24, 2.45) is 0 Å². The normalized spacial score (nSPS) is 12.3.